The van der Waals surface area contributed by atoms with Gasteiger partial charge in [-0.05, 0) is 82.3 Å². The Morgan fingerprint density at radius 2 is 1.63 bits per heavy atom. The predicted molar refractivity (Wildman–Crippen MR) is 81.9 cm³/mol. The van der Waals surface area contributed by atoms with Gasteiger partial charge in [-0.15, -0.1) is 0 Å². The fraction of sp³-hybridized carbons (Fsp3) is 0.647. The van der Waals surface area contributed by atoms with Gasteiger partial charge in [-0.3, -0.25) is 0 Å². The van der Waals surface area contributed by atoms with Crippen molar-refractivity contribution in [1.82, 2.24) is 5.32 Å². The van der Waals surface area contributed by atoms with Gasteiger partial charge in [0.1, 0.15) is 0 Å². The van der Waals surface area contributed by atoms with E-state index in [-0.39, 0.29) is 0 Å². The van der Waals surface area contributed by atoms with Gasteiger partial charge in [0, 0.05) is 17.8 Å². The molecule has 2 aliphatic rings. The molecular formula is C17H26N2. The molecule has 2 saturated heterocycles. The van der Waals surface area contributed by atoms with E-state index in [2.05, 4.69) is 49.3 Å². The molecule has 1 N–H and O–H groups in total. The van der Waals surface area contributed by atoms with E-state index in [1.165, 1.54) is 49.0 Å². The van der Waals surface area contributed by atoms with Crippen LogP contribution in [0.3, 0.4) is 0 Å². The molecule has 3 rings (SSSR count). The summed E-state index contributed by atoms with van der Waals surface area (Å²) in [6.07, 6.45) is 5.50. The lowest BCUT2D eigenvalue weighted by Gasteiger charge is -2.41. The lowest BCUT2D eigenvalue weighted by molar-refractivity contribution is 0.333. The zero-order valence-corrected chi connectivity index (χ0v) is 12.4. The Balaban J connectivity index is 1.83. The summed E-state index contributed by atoms with van der Waals surface area (Å²) in [6, 6.07) is 8.57. The minimum atomic E-state index is 0.776. The van der Waals surface area contributed by atoms with E-state index in [0.717, 1.165) is 18.0 Å². The molecule has 104 valence electrons. The smallest absolute Gasteiger partial charge is 0.0376 e. The fourth-order valence-electron chi connectivity index (χ4n) is 4.27. The number of hydrogen-bond acceptors (Lipinski definition) is 2. The van der Waals surface area contributed by atoms with Crippen LogP contribution in [0.5, 0.6) is 0 Å². The van der Waals surface area contributed by atoms with Crippen molar-refractivity contribution in [3.05, 3.63) is 29.3 Å². The molecule has 0 saturated carbocycles. The summed E-state index contributed by atoms with van der Waals surface area (Å²) < 4.78 is 0. The third-order valence-electron chi connectivity index (χ3n) is 4.83. The fourth-order valence-corrected chi connectivity index (χ4v) is 4.27. The SMILES string of the molecule is CNCC1CC2CCC(C1)N2c1cc(C)cc(C)c1. The third-order valence-corrected chi connectivity index (χ3v) is 4.83. The molecule has 1 aromatic carbocycles. The number of rotatable bonds is 3. The Morgan fingerprint density at radius 3 is 2.16 bits per heavy atom. The average molecular weight is 258 g/mol. The van der Waals surface area contributed by atoms with E-state index in [0.29, 0.717) is 0 Å². The van der Waals surface area contributed by atoms with Crippen LogP contribution < -0.4 is 10.2 Å². The van der Waals surface area contributed by atoms with Gasteiger partial charge in [0.15, 0.2) is 0 Å². The van der Waals surface area contributed by atoms with Gasteiger partial charge in [0.05, 0.1) is 0 Å². The highest BCUT2D eigenvalue weighted by atomic mass is 15.2. The van der Waals surface area contributed by atoms with Crippen LogP contribution in [-0.4, -0.2) is 25.7 Å². The molecule has 19 heavy (non-hydrogen) atoms. The number of benzene rings is 1. The standard InChI is InChI=1S/C17H26N2/c1-12-6-13(2)8-17(7-12)19-15-4-5-16(19)10-14(9-15)11-18-3/h6-8,14-16,18H,4-5,9-11H2,1-3H3. The van der Waals surface area contributed by atoms with Crippen LogP contribution in [0.2, 0.25) is 0 Å². The van der Waals surface area contributed by atoms with E-state index in [4.69, 9.17) is 0 Å². The number of fused-ring (bicyclic) bond motifs is 2. The van der Waals surface area contributed by atoms with E-state index < -0.39 is 0 Å². The maximum Gasteiger partial charge on any atom is 0.0376 e. The summed E-state index contributed by atoms with van der Waals surface area (Å²) in [5.74, 6) is 0.879. The topological polar surface area (TPSA) is 15.3 Å². The van der Waals surface area contributed by atoms with Crippen LogP contribution in [0.1, 0.15) is 36.8 Å². The number of piperidine rings is 1. The molecule has 1 aromatic rings. The second-order valence-electron chi connectivity index (χ2n) is 6.53. The summed E-state index contributed by atoms with van der Waals surface area (Å²) in [7, 11) is 2.08. The highest BCUT2D eigenvalue weighted by Gasteiger charge is 2.40. The number of hydrogen-bond donors (Lipinski definition) is 1. The van der Waals surface area contributed by atoms with Crippen LogP contribution in [0, 0.1) is 19.8 Å². The molecular weight excluding hydrogens is 232 g/mol. The van der Waals surface area contributed by atoms with Crippen LogP contribution in [0.4, 0.5) is 5.69 Å². The largest absolute Gasteiger partial charge is 0.366 e. The van der Waals surface area contributed by atoms with Crippen LogP contribution in [0.25, 0.3) is 0 Å². The van der Waals surface area contributed by atoms with Crippen molar-refractivity contribution < 1.29 is 0 Å². The summed E-state index contributed by atoms with van der Waals surface area (Å²) in [5, 5.41) is 3.36. The van der Waals surface area contributed by atoms with Crippen molar-refractivity contribution in [3.63, 3.8) is 0 Å². The summed E-state index contributed by atoms with van der Waals surface area (Å²) in [5.41, 5.74) is 4.26. The van der Waals surface area contributed by atoms with Crippen LogP contribution in [-0.2, 0) is 0 Å². The highest BCUT2D eigenvalue weighted by molar-refractivity contribution is 5.54. The molecule has 2 fully saturated rings. The molecule has 2 nitrogen and oxygen atoms in total. The van der Waals surface area contributed by atoms with Crippen molar-refractivity contribution in [2.75, 3.05) is 18.5 Å². The maximum atomic E-state index is 3.36. The zero-order valence-electron chi connectivity index (χ0n) is 12.4. The molecule has 0 spiro atoms. The quantitative estimate of drug-likeness (QED) is 0.895. The van der Waals surface area contributed by atoms with E-state index in [9.17, 15) is 0 Å². The molecule has 0 aromatic heterocycles. The Hall–Kier alpha value is -1.02. The molecule has 0 amide bonds. The van der Waals surface area contributed by atoms with Gasteiger partial charge in [-0.1, -0.05) is 6.07 Å². The first-order valence-electron chi connectivity index (χ1n) is 7.68. The van der Waals surface area contributed by atoms with Crippen molar-refractivity contribution in [2.24, 2.45) is 5.92 Å². The number of nitrogens with one attached hydrogen (secondary N) is 1. The number of aryl methyl sites for hydroxylation is 2. The lowest BCUT2D eigenvalue weighted by atomic mass is 9.90. The molecule has 2 atom stereocenters. The van der Waals surface area contributed by atoms with Gasteiger partial charge in [-0.25, -0.2) is 0 Å². The molecule has 2 aliphatic heterocycles. The van der Waals surface area contributed by atoms with Crippen molar-refractivity contribution >= 4 is 5.69 Å². The average Bonchev–Trinajstić information content (AvgIpc) is 2.60. The zero-order chi connectivity index (χ0) is 13.4. The van der Waals surface area contributed by atoms with Gasteiger partial charge in [-0.2, -0.15) is 0 Å². The van der Waals surface area contributed by atoms with Crippen LogP contribution in [0.15, 0.2) is 18.2 Å². The van der Waals surface area contributed by atoms with Gasteiger partial charge in [0.25, 0.3) is 0 Å². The van der Waals surface area contributed by atoms with Gasteiger partial charge in [0.2, 0.25) is 0 Å². The Morgan fingerprint density at radius 1 is 1.05 bits per heavy atom. The Kier molecular flexibility index (Phi) is 3.53. The molecule has 2 unspecified atom stereocenters. The third kappa shape index (κ3) is 2.51. The predicted octanol–water partition coefficient (Wildman–Crippen LogP) is 3.27. The first kappa shape index (κ1) is 13.0. The van der Waals surface area contributed by atoms with Crippen molar-refractivity contribution in [1.29, 1.82) is 0 Å². The van der Waals surface area contributed by atoms with Gasteiger partial charge >= 0.3 is 0 Å². The second kappa shape index (κ2) is 5.16. The van der Waals surface area contributed by atoms with E-state index in [1.54, 1.807) is 0 Å². The summed E-state index contributed by atoms with van der Waals surface area (Å²) >= 11 is 0. The van der Waals surface area contributed by atoms with E-state index >= 15 is 0 Å². The summed E-state index contributed by atoms with van der Waals surface area (Å²) in [4.78, 5) is 2.73. The van der Waals surface area contributed by atoms with Crippen molar-refractivity contribution in [2.45, 2.75) is 51.6 Å². The monoisotopic (exact) mass is 258 g/mol. The second-order valence-corrected chi connectivity index (χ2v) is 6.53. The summed E-state index contributed by atoms with van der Waals surface area (Å²) in [6.45, 7) is 5.62. The maximum absolute atomic E-state index is 3.36. The molecule has 2 bridgehead atoms. The molecule has 0 radical (unpaired) electrons. The number of nitrogens with zero attached hydrogens (tertiary/aromatic N) is 1. The highest BCUT2D eigenvalue weighted by Crippen LogP contribution is 2.41. The minimum absolute atomic E-state index is 0.776. The normalized spacial score (nSPS) is 29.8. The van der Waals surface area contributed by atoms with Crippen molar-refractivity contribution in [3.8, 4) is 0 Å². The Bertz CT molecular complexity index is 420. The first-order chi connectivity index (χ1) is 9.17. The van der Waals surface area contributed by atoms with Crippen LogP contribution >= 0.6 is 0 Å². The van der Waals surface area contributed by atoms with E-state index in [1.807, 2.05) is 0 Å². The Labute approximate surface area is 117 Å². The first-order valence-corrected chi connectivity index (χ1v) is 7.68. The number of anilines is 1. The lowest BCUT2D eigenvalue weighted by Crippen LogP contribution is -2.45. The molecule has 0 aliphatic carbocycles. The molecule has 2 heterocycles. The van der Waals surface area contributed by atoms with Gasteiger partial charge < -0.3 is 10.2 Å². The molecule has 2 heteroatoms. The minimum Gasteiger partial charge on any atom is -0.366 e.